The molecule has 136 valence electrons. The first-order valence-electron chi connectivity index (χ1n) is 9.05. The van der Waals surface area contributed by atoms with Gasteiger partial charge in [-0.05, 0) is 30.9 Å². The number of likely N-dealkylation sites (tertiary alicyclic amines) is 2. The van der Waals surface area contributed by atoms with E-state index in [1.807, 2.05) is 21.9 Å². The molecule has 2 aliphatic heterocycles. The Kier molecular flexibility index (Phi) is 5.68. The number of aromatic nitrogens is 1. The lowest BCUT2D eigenvalue weighted by Crippen LogP contribution is -2.55. The maximum Gasteiger partial charge on any atom is 0.227 e. The standard InChI is InChI=1S/C19H27N3O3/c1-25-11-10-22-15-19(7-5-17(22)23)6-3-9-21(14-19)18(24)12-16-4-2-8-20-13-16/h2,4,8,13H,3,5-7,9-12,14-15H2,1H3/t19-/m0/s1. The van der Waals surface area contributed by atoms with Crippen molar-refractivity contribution in [1.29, 1.82) is 0 Å². The second-order valence-corrected chi connectivity index (χ2v) is 7.26. The van der Waals surface area contributed by atoms with Crippen molar-refractivity contribution in [3.05, 3.63) is 30.1 Å². The molecule has 1 aromatic heterocycles. The van der Waals surface area contributed by atoms with Gasteiger partial charge in [0.2, 0.25) is 11.8 Å². The predicted molar refractivity (Wildman–Crippen MR) is 93.9 cm³/mol. The van der Waals surface area contributed by atoms with Crippen molar-refractivity contribution < 1.29 is 14.3 Å². The van der Waals surface area contributed by atoms with Gasteiger partial charge in [-0.15, -0.1) is 0 Å². The number of hydrogen-bond donors (Lipinski definition) is 0. The van der Waals surface area contributed by atoms with Gasteiger partial charge >= 0.3 is 0 Å². The molecule has 2 aliphatic rings. The van der Waals surface area contributed by atoms with E-state index in [-0.39, 0.29) is 17.2 Å². The van der Waals surface area contributed by atoms with E-state index in [9.17, 15) is 9.59 Å². The number of hydrogen-bond acceptors (Lipinski definition) is 4. The molecule has 2 saturated heterocycles. The number of piperidine rings is 2. The van der Waals surface area contributed by atoms with Crippen LogP contribution in [0.3, 0.4) is 0 Å². The van der Waals surface area contributed by atoms with Crippen molar-refractivity contribution in [3.63, 3.8) is 0 Å². The molecule has 3 heterocycles. The van der Waals surface area contributed by atoms with Crippen molar-refractivity contribution in [2.75, 3.05) is 39.9 Å². The molecule has 0 bridgehead atoms. The van der Waals surface area contributed by atoms with Crippen LogP contribution in [0.1, 0.15) is 31.2 Å². The molecular weight excluding hydrogens is 318 g/mol. The van der Waals surface area contributed by atoms with Crippen LogP contribution in [-0.2, 0) is 20.7 Å². The zero-order valence-corrected chi connectivity index (χ0v) is 14.9. The maximum absolute atomic E-state index is 12.7. The Morgan fingerprint density at radius 3 is 3.00 bits per heavy atom. The summed E-state index contributed by atoms with van der Waals surface area (Å²) in [5, 5.41) is 0. The first-order chi connectivity index (χ1) is 12.1. The molecule has 1 spiro atoms. The third kappa shape index (κ3) is 4.37. The molecule has 1 aromatic rings. The number of nitrogens with zero attached hydrogens (tertiary/aromatic N) is 3. The monoisotopic (exact) mass is 345 g/mol. The molecular formula is C19H27N3O3. The van der Waals surface area contributed by atoms with Crippen molar-refractivity contribution in [2.45, 2.75) is 32.1 Å². The van der Waals surface area contributed by atoms with Crippen LogP contribution in [0.2, 0.25) is 0 Å². The molecule has 0 unspecified atom stereocenters. The summed E-state index contributed by atoms with van der Waals surface area (Å²) in [5.74, 6) is 0.369. The van der Waals surface area contributed by atoms with Gasteiger partial charge < -0.3 is 14.5 Å². The van der Waals surface area contributed by atoms with E-state index in [0.29, 0.717) is 26.0 Å². The zero-order valence-electron chi connectivity index (χ0n) is 14.9. The molecule has 0 N–H and O–H groups in total. The highest BCUT2D eigenvalue weighted by atomic mass is 16.5. The summed E-state index contributed by atoms with van der Waals surface area (Å²) in [7, 11) is 1.66. The third-order valence-electron chi connectivity index (χ3n) is 5.41. The van der Waals surface area contributed by atoms with Crippen molar-refractivity contribution >= 4 is 11.8 Å². The highest BCUT2D eigenvalue weighted by Crippen LogP contribution is 2.39. The Hall–Kier alpha value is -1.95. The van der Waals surface area contributed by atoms with E-state index in [0.717, 1.165) is 44.5 Å². The summed E-state index contributed by atoms with van der Waals surface area (Å²) in [4.78, 5) is 32.9. The van der Waals surface area contributed by atoms with Crippen LogP contribution in [0.5, 0.6) is 0 Å². The zero-order chi connectivity index (χ0) is 17.7. The fraction of sp³-hybridized carbons (Fsp3) is 0.632. The fourth-order valence-corrected chi connectivity index (χ4v) is 4.05. The van der Waals surface area contributed by atoms with Crippen molar-refractivity contribution in [1.82, 2.24) is 14.8 Å². The van der Waals surface area contributed by atoms with Gasteiger partial charge in [-0.25, -0.2) is 0 Å². The van der Waals surface area contributed by atoms with Gasteiger partial charge in [0.15, 0.2) is 0 Å². The van der Waals surface area contributed by atoms with Gasteiger partial charge in [-0.1, -0.05) is 6.07 Å². The Bertz CT molecular complexity index is 607. The summed E-state index contributed by atoms with van der Waals surface area (Å²) < 4.78 is 5.13. The van der Waals surface area contributed by atoms with E-state index in [4.69, 9.17) is 4.74 Å². The van der Waals surface area contributed by atoms with E-state index in [1.165, 1.54) is 0 Å². The highest BCUT2D eigenvalue weighted by Gasteiger charge is 2.42. The van der Waals surface area contributed by atoms with Gasteiger partial charge in [-0.3, -0.25) is 14.6 Å². The summed E-state index contributed by atoms with van der Waals surface area (Å²) in [6, 6.07) is 3.80. The van der Waals surface area contributed by atoms with Crippen LogP contribution < -0.4 is 0 Å². The minimum Gasteiger partial charge on any atom is -0.383 e. The lowest BCUT2D eigenvalue weighted by molar-refractivity contribution is -0.143. The van der Waals surface area contributed by atoms with E-state index < -0.39 is 0 Å². The lowest BCUT2D eigenvalue weighted by atomic mass is 9.73. The number of amides is 2. The lowest BCUT2D eigenvalue weighted by Gasteiger charge is -2.48. The molecule has 2 fully saturated rings. The minimum atomic E-state index is 0.0461. The van der Waals surface area contributed by atoms with Gasteiger partial charge in [0.05, 0.1) is 13.0 Å². The van der Waals surface area contributed by atoms with Gasteiger partial charge in [-0.2, -0.15) is 0 Å². The van der Waals surface area contributed by atoms with Gasteiger partial charge in [0, 0.05) is 57.5 Å². The van der Waals surface area contributed by atoms with Gasteiger partial charge in [0.1, 0.15) is 0 Å². The van der Waals surface area contributed by atoms with Crippen LogP contribution in [0.15, 0.2) is 24.5 Å². The molecule has 1 atom stereocenters. The van der Waals surface area contributed by atoms with E-state index in [2.05, 4.69) is 4.98 Å². The van der Waals surface area contributed by atoms with Gasteiger partial charge in [0.25, 0.3) is 0 Å². The second-order valence-electron chi connectivity index (χ2n) is 7.26. The number of carbonyl (C=O) groups is 2. The Morgan fingerprint density at radius 2 is 2.24 bits per heavy atom. The number of carbonyl (C=O) groups excluding carboxylic acids is 2. The Labute approximate surface area is 149 Å². The molecule has 0 aromatic carbocycles. The maximum atomic E-state index is 12.7. The predicted octanol–water partition coefficient (Wildman–Crippen LogP) is 1.50. The molecule has 25 heavy (non-hydrogen) atoms. The molecule has 3 rings (SSSR count). The first kappa shape index (κ1) is 17.9. The summed E-state index contributed by atoms with van der Waals surface area (Å²) in [5.41, 5.74) is 0.998. The van der Waals surface area contributed by atoms with Crippen molar-refractivity contribution in [3.8, 4) is 0 Å². The topological polar surface area (TPSA) is 62.7 Å². The van der Waals surface area contributed by atoms with Crippen LogP contribution in [-0.4, -0.2) is 66.5 Å². The molecule has 6 nitrogen and oxygen atoms in total. The van der Waals surface area contributed by atoms with E-state index in [1.54, 1.807) is 19.5 Å². The number of methoxy groups -OCH3 is 1. The molecule has 0 aliphatic carbocycles. The Balaban J connectivity index is 1.63. The Morgan fingerprint density at radius 1 is 1.36 bits per heavy atom. The summed E-state index contributed by atoms with van der Waals surface area (Å²) in [6.45, 7) is 3.51. The van der Waals surface area contributed by atoms with Crippen LogP contribution in [0.25, 0.3) is 0 Å². The summed E-state index contributed by atoms with van der Waals surface area (Å²) in [6.07, 6.45) is 7.42. The fourth-order valence-electron chi connectivity index (χ4n) is 4.05. The number of ether oxygens (including phenoxy) is 1. The molecule has 0 saturated carbocycles. The van der Waals surface area contributed by atoms with Crippen LogP contribution in [0, 0.1) is 5.41 Å². The molecule has 6 heteroatoms. The SMILES string of the molecule is COCCN1C[C@@]2(CCCN(C(=O)Cc3cccnc3)C2)CCC1=O. The largest absolute Gasteiger partial charge is 0.383 e. The normalized spacial score (nSPS) is 24.0. The quantitative estimate of drug-likeness (QED) is 0.811. The number of pyridine rings is 1. The van der Waals surface area contributed by atoms with Crippen LogP contribution in [0.4, 0.5) is 0 Å². The average Bonchev–Trinajstić information content (AvgIpc) is 2.64. The number of rotatable bonds is 5. The minimum absolute atomic E-state index is 0.0461. The second kappa shape index (κ2) is 7.95. The molecule has 2 amide bonds. The molecule has 0 radical (unpaired) electrons. The first-order valence-corrected chi connectivity index (χ1v) is 9.05. The summed E-state index contributed by atoms with van der Waals surface area (Å²) >= 11 is 0. The van der Waals surface area contributed by atoms with Crippen molar-refractivity contribution in [2.24, 2.45) is 5.41 Å². The van der Waals surface area contributed by atoms with E-state index >= 15 is 0 Å². The average molecular weight is 345 g/mol. The smallest absolute Gasteiger partial charge is 0.227 e. The van der Waals surface area contributed by atoms with Crippen LogP contribution >= 0.6 is 0 Å². The highest BCUT2D eigenvalue weighted by molar-refractivity contribution is 5.79. The third-order valence-corrected chi connectivity index (χ3v) is 5.41.